The second kappa shape index (κ2) is 23.6. The molecule has 1 atom stereocenters. The molecule has 0 aromatic carbocycles. The Balaban J connectivity index is 3.62. The minimum atomic E-state index is -0.761. The molecule has 202 valence electrons. The highest BCUT2D eigenvalue weighted by atomic mass is 16.6. The minimum Gasteiger partial charge on any atom is -0.462 e. The topological polar surface area (TPSA) is 72.8 Å². The molecule has 1 N–H and O–H groups in total. The summed E-state index contributed by atoms with van der Waals surface area (Å²) < 4.78 is 10.5. The lowest BCUT2D eigenvalue weighted by atomic mass is 10.0. The van der Waals surface area contributed by atoms with Crippen LogP contribution in [0.1, 0.15) is 143 Å². The quantitative estimate of drug-likeness (QED) is 0.112. The molecular formula is C29H56O5. The van der Waals surface area contributed by atoms with Crippen molar-refractivity contribution in [2.24, 2.45) is 11.8 Å². The highest BCUT2D eigenvalue weighted by molar-refractivity contribution is 5.70. The Morgan fingerprint density at radius 3 is 1.38 bits per heavy atom. The minimum absolute atomic E-state index is 0.0624. The van der Waals surface area contributed by atoms with Gasteiger partial charge in [0.15, 0.2) is 6.10 Å². The fraction of sp³-hybridized carbons (Fsp3) is 0.931. The summed E-state index contributed by atoms with van der Waals surface area (Å²) in [6.45, 7) is 8.68. The molecule has 0 aliphatic carbocycles. The fourth-order valence-corrected chi connectivity index (χ4v) is 4.04. The lowest BCUT2D eigenvalue weighted by Crippen LogP contribution is -2.28. The van der Waals surface area contributed by atoms with Gasteiger partial charge in [-0.3, -0.25) is 9.59 Å². The Kier molecular flexibility index (Phi) is 22.9. The van der Waals surface area contributed by atoms with Crippen LogP contribution in [-0.4, -0.2) is 36.4 Å². The first-order valence-electron chi connectivity index (χ1n) is 14.3. The largest absolute Gasteiger partial charge is 0.462 e. The van der Waals surface area contributed by atoms with Crippen LogP contribution in [0.15, 0.2) is 0 Å². The highest BCUT2D eigenvalue weighted by Crippen LogP contribution is 2.14. The van der Waals surface area contributed by atoms with Gasteiger partial charge >= 0.3 is 11.9 Å². The van der Waals surface area contributed by atoms with Crippen LogP contribution in [0.4, 0.5) is 0 Å². The average Bonchev–Trinajstić information content (AvgIpc) is 2.79. The number of hydrogen-bond donors (Lipinski definition) is 1. The summed E-state index contributed by atoms with van der Waals surface area (Å²) in [6, 6.07) is 0. The first-order valence-corrected chi connectivity index (χ1v) is 14.3. The molecule has 0 aromatic heterocycles. The summed E-state index contributed by atoms with van der Waals surface area (Å²) in [5, 5.41) is 9.43. The van der Waals surface area contributed by atoms with E-state index >= 15 is 0 Å². The highest BCUT2D eigenvalue weighted by Gasteiger charge is 2.16. The van der Waals surface area contributed by atoms with E-state index in [1.165, 1.54) is 64.2 Å². The molecule has 0 rings (SSSR count). The first kappa shape index (κ1) is 32.9. The van der Waals surface area contributed by atoms with Crippen molar-refractivity contribution in [3.63, 3.8) is 0 Å². The third-order valence-electron chi connectivity index (χ3n) is 6.26. The van der Waals surface area contributed by atoms with Crippen LogP contribution in [0.25, 0.3) is 0 Å². The summed E-state index contributed by atoms with van der Waals surface area (Å²) in [6.07, 6.45) is 18.9. The maximum atomic E-state index is 12.0. The van der Waals surface area contributed by atoms with Crippen molar-refractivity contribution in [2.45, 2.75) is 149 Å². The number of carbonyl (C=O) groups is 2. The molecule has 0 aliphatic rings. The molecule has 0 bridgehead atoms. The second-order valence-corrected chi connectivity index (χ2v) is 10.8. The maximum absolute atomic E-state index is 12.0. The van der Waals surface area contributed by atoms with Gasteiger partial charge in [-0.25, -0.2) is 0 Å². The van der Waals surface area contributed by atoms with E-state index in [9.17, 15) is 14.7 Å². The van der Waals surface area contributed by atoms with E-state index in [-0.39, 0.29) is 25.2 Å². The third kappa shape index (κ3) is 24.0. The summed E-state index contributed by atoms with van der Waals surface area (Å²) in [4.78, 5) is 23.9. The molecule has 0 aromatic rings. The molecule has 0 spiro atoms. The van der Waals surface area contributed by atoms with E-state index in [0.717, 1.165) is 50.4 Å². The van der Waals surface area contributed by atoms with Crippen molar-refractivity contribution >= 4 is 11.9 Å². The fourth-order valence-electron chi connectivity index (χ4n) is 4.04. The number of hydrogen-bond acceptors (Lipinski definition) is 5. The van der Waals surface area contributed by atoms with E-state index in [4.69, 9.17) is 9.47 Å². The van der Waals surface area contributed by atoms with Crippen LogP contribution in [0, 0.1) is 11.8 Å². The second-order valence-electron chi connectivity index (χ2n) is 10.8. The molecular weight excluding hydrogens is 428 g/mol. The van der Waals surface area contributed by atoms with Crippen molar-refractivity contribution in [3.8, 4) is 0 Å². The van der Waals surface area contributed by atoms with Crippen LogP contribution >= 0.6 is 0 Å². The summed E-state index contributed by atoms with van der Waals surface area (Å²) >= 11 is 0. The van der Waals surface area contributed by atoms with Crippen molar-refractivity contribution in [3.05, 3.63) is 0 Å². The van der Waals surface area contributed by atoms with Crippen molar-refractivity contribution in [1.82, 2.24) is 0 Å². The van der Waals surface area contributed by atoms with Crippen molar-refractivity contribution < 1.29 is 24.2 Å². The Hall–Kier alpha value is -1.10. The normalized spacial score (nSPS) is 12.3. The predicted molar refractivity (Wildman–Crippen MR) is 141 cm³/mol. The SMILES string of the molecule is CC(C)CCCCCCCCCCC(=O)O[C@@H](CO)COC(=O)CCCCCCCCC(C)C. The average molecular weight is 485 g/mol. The van der Waals surface area contributed by atoms with Gasteiger partial charge in [0, 0.05) is 12.8 Å². The number of rotatable bonds is 24. The summed E-state index contributed by atoms with van der Waals surface area (Å²) in [7, 11) is 0. The lowest BCUT2D eigenvalue weighted by Gasteiger charge is -2.15. The van der Waals surface area contributed by atoms with Gasteiger partial charge < -0.3 is 14.6 Å². The van der Waals surface area contributed by atoms with Crippen LogP contribution in [0.5, 0.6) is 0 Å². The molecule has 0 fully saturated rings. The van der Waals surface area contributed by atoms with Gasteiger partial charge in [0.2, 0.25) is 0 Å². The van der Waals surface area contributed by atoms with Gasteiger partial charge in [-0.2, -0.15) is 0 Å². The van der Waals surface area contributed by atoms with E-state index in [2.05, 4.69) is 27.7 Å². The number of aliphatic hydroxyl groups is 1. The summed E-state index contributed by atoms with van der Waals surface area (Å²) in [5.74, 6) is 0.988. The van der Waals surface area contributed by atoms with E-state index in [0.29, 0.717) is 12.8 Å². The molecule has 0 saturated carbocycles. The zero-order valence-corrected chi connectivity index (χ0v) is 23.0. The molecule has 5 nitrogen and oxygen atoms in total. The molecule has 0 saturated heterocycles. The maximum Gasteiger partial charge on any atom is 0.306 e. The van der Waals surface area contributed by atoms with Gasteiger partial charge in [-0.1, -0.05) is 118 Å². The van der Waals surface area contributed by atoms with Crippen molar-refractivity contribution in [1.29, 1.82) is 0 Å². The molecule has 0 aliphatic heterocycles. The van der Waals surface area contributed by atoms with E-state index < -0.39 is 6.10 Å². The third-order valence-corrected chi connectivity index (χ3v) is 6.26. The van der Waals surface area contributed by atoms with Gasteiger partial charge in [-0.05, 0) is 24.7 Å². The molecule has 0 amide bonds. The van der Waals surface area contributed by atoms with Crippen LogP contribution in [0.3, 0.4) is 0 Å². The van der Waals surface area contributed by atoms with Gasteiger partial charge in [0.05, 0.1) is 6.61 Å². The van der Waals surface area contributed by atoms with Gasteiger partial charge in [-0.15, -0.1) is 0 Å². The molecule has 34 heavy (non-hydrogen) atoms. The zero-order valence-electron chi connectivity index (χ0n) is 23.0. The standard InChI is InChI=1S/C29H56O5/c1-25(2)19-15-11-7-5-6-8-14-18-22-29(32)34-27(23-30)24-33-28(31)21-17-13-10-9-12-16-20-26(3)4/h25-27,30H,5-24H2,1-4H3/t27-/m0/s1. The van der Waals surface area contributed by atoms with Gasteiger partial charge in [0.1, 0.15) is 6.61 Å². The van der Waals surface area contributed by atoms with Crippen LogP contribution in [0.2, 0.25) is 0 Å². The predicted octanol–water partition coefficient (Wildman–Crippen LogP) is 7.77. The smallest absolute Gasteiger partial charge is 0.306 e. The number of esters is 2. The Morgan fingerprint density at radius 1 is 0.588 bits per heavy atom. The van der Waals surface area contributed by atoms with Crippen molar-refractivity contribution in [2.75, 3.05) is 13.2 Å². The molecule has 0 unspecified atom stereocenters. The zero-order chi connectivity index (χ0) is 25.4. The van der Waals surface area contributed by atoms with E-state index in [1.807, 2.05) is 0 Å². The Morgan fingerprint density at radius 2 is 0.971 bits per heavy atom. The number of unbranched alkanes of at least 4 members (excludes halogenated alkanes) is 12. The lowest BCUT2D eigenvalue weighted by molar-refractivity contribution is -0.161. The first-order chi connectivity index (χ1) is 16.3. The van der Waals surface area contributed by atoms with E-state index in [1.54, 1.807) is 0 Å². The number of aliphatic hydroxyl groups excluding tert-OH is 1. The molecule has 0 radical (unpaired) electrons. The van der Waals surface area contributed by atoms with Gasteiger partial charge in [0.25, 0.3) is 0 Å². The van der Waals surface area contributed by atoms with Crippen LogP contribution < -0.4 is 0 Å². The number of carbonyl (C=O) groups excluding carboxylic acids is 2. The molecule has 5 heteroatoms. The number of ether oxygens (including phenoxy) is 2. The Labute approximate surface area is 210 Å². The summed E-state index contributed by atoms with van der Waals surface area (Å²) in [5.41, 5.74) is 0. The Bertz CT molecular complexity index is 475. The van der Waals surface area contributed by atoms with Crippen LogP contribution in [-0.2, 0) is 19.1 Å². The monoisotopic (exact) mass is 484 g/mol. The molecule has 0 heterocycles.